The highest BCUT2D eigenvalue weighted by Crippen LogP contribution is 2.21. The second kappa shape index (κ2) is 7.43. The highest BCUT2D eigenvalue weighted by atomic mass is 16.7. The molecule has 0 aliphatic carbocycles. The predicted molar refractivity (Wildman–Crippen MR) is 106 cm³/mol. The molecule has 0 aliphatic heterocycles. The van der Waals surface area contributed by atoms with Crippen LogP contribution in [0.25, 0.3) is 22.3 Å². The van der Waals surface area contributed by atoms with E-state index in [1.807, 2.05) is 30.3 Å². The zero-order chi connectivity index (χ0) is 20.4. The molecule has 0 saturated carbocycles. The van der Waals surface area contributed by atoms with Crippen LogP contribution in [0.5, 0.6) is 0 Å². The number of nitrogens with zero attached hydrogens (tertiary/aromatic N) is 3. The standard InChI is InChI=1S/C21H15N3O5/c25-21-20(16-9-6-10-17(13-16)24(27)28)22(26)18-11-4-5-12-19(18)23(21)29-14-15-7-2-1-3-8-15/h1-13H,14H2. The van der Waals surface area contributed by atoms with E-state index in [1.54, 1.807) is 24.3 Å². The summed E-state index contributed by atoms with van der Waals surface area (Å²) in [5.41, 5.74) is 0.336. The second-order valence-corrected chi connectivity index (χ2v) is 6.30. The van der Waals surface area contributed by atoms with E-state index >= 15 is 0 Å². The zero-order valence-corrected chi connectivity index (χ0v) is 15.1. The highest BCUT2D eigenvalue weighted by molar-refractivity contribution is 5.73. The summed E-state index contributed by atoms with van der Waals surface area (Å²) in [7, 11) is 0. The molecule has 0 N–H and O–H groups in total. The molecule has 1 aromatic heterocycles. The van der Waals surface area contributed by atoms with Gasteiger partial charge in [-0.1, -0.05) is 48.5 Å². The Labute approximate surface area is 164 Å². The van der Waals surface area contributed by atoms with Crippen molar-refractivity contribution in [2.75, 3.05) is 0 Å². The molecule has 0 aliphatic rings. The third-order valence-electron chi connectivity index (χ3n) is 4.44. The Morgan fingerprint density at radius 2 is 1.69 bits per heavy atom. The first-order valence-electron chi connectivity index (χ1n) is 8.75. The molecule has 29 heavy (non-hydrogen) atoms. The molecule has 8 heteroatoms. The van der Waals surface area contributed by atoms with Crippen molar-refractivity contribution in [2.45, 2.75) is 6.61 Å². The molecule has 4 aromatic rings. The maximum atomic E-state index is 13.2. The molecule has 4 rings (SSSR count). The lowest BCUT2D eigenvalue weighted by atomic mass is 10.1. The molecule has 8 nitrogen and oxygen atoms in total. The number of para-hydroxylation sites is 2. The van der Waals surface area contributed by atoms with Crippen molar-refractivity contribution in [3.8, 4) is 11.3 Å². The maximum Gasteiger partial charge on any atom is 0.357 e. The number of hydrogen-bond donors (Lipinski definition) is 0. The largest absolute Gasteiger partial charge is 0.618 e. The van der Waals surface area contributed by atoms with Crippen LogP contribution >= 0.6 is 0 Å². The van der Waals surface area contributed by atoms with Crippen molar-refractivity contribution in [3.05, 3.63) is 110 Å². The second-order valence-electron chi connectivity index (χ2n) is 6.30. The summed E-state index contributed by atoms with van der Waals surface area (Å²) in [4.78, 5) is 29.4. The van der Waals surface area contributed by atoms with E-state index in [0.717, 1.165) is 10.3 Å². The molecule has 0 atom stereocenters. The van der Waals surface area contributed by atoms with Gasteiger partial charge >= 0.3 is 5.56 Å². The number of rotatable bonds is 5. The summed E-state index contributed by atoms with van der Waals surface area (Å²) in [5, 5.41) is 24.0. The van der Waals surface area contributed by atoms with Crippen LogP contribution in [-0.4, -0.2) is 9.65 Å². The van der Waals surface area contributed by atoms with Crippen LogP contribution in [0, 0.1) is 15.3 Å². The Balaban J connectivity index is 1.90. The fourth-order valence-electron chi connectivity index (χ4n) is 3.07. The Morgan fingerprint density at radius 3 is 2.45 bits per heavy atom. The van der Waals surface area contributed by atoms with Crippen LogP contribution in [-0.2, 0) is 6.61 Å². The first-order valence-corrected chi connectivity index (χ1v) is 8.75. The Bertz CT molecular complexity index is 1270. The first-order chi connectivity index (χ1) is 14.1. The normalized spacial score (nSPS) is 10.8. The topological polar surface area (TPSA) is 101 Å². The van der Waals surface area contributed by atoms with E-state index in [4.69, 9.17) is 4.84 Å². The van der Waals surface area contributed by atoms with Gasteiger partial charge in [0.1, 0.15) is 6.61 Å². The summed E-state index contributed by atoms with van der Waals surface area (Å²) in [6.07, 6.45) is 0. The van der Waals surface area contributed by atoms with Gasteiger partial charge in [0.15, 0.2) is 5.52 Å². The predicted octanol–water partition coefficient (Wildman–Crippen LogP) is 2.84. The maximum absolute atomic E-state index is 13.2. The summed E-state index contributed by atoms with van der Waals surface area (Å²) in [5.74, 6) is 0. The average Bonchev–Trinajstić information content (AvgIpc) is 2.75. The smallest absolute Gasteiger partial charge is 0.357 e. The van der Waals surface area contributed by atoms with Crippen molar-refractivity contribution >= 4 is 16.7 Å². The van der Waals surface area contributed by atoms with Crippen molar-refractivity contribution in [2.24, 2.45) is 0 Å². The number of nitro benzene ring substituents is 1. The minimum Gasteiger partial charge on any atom is -0.618 e. The fourth-order valence-corrected chi connectivity index (χ4v) is 3.07. The molecule has 0 unspecified atom stereocenters. The quantitative estimate of drug-likeness (QED) is 0.226. The van der Waals surface area contributed by atoms with Crippen molar-refractivity contribution in [1.82, 2.24) is 4.73 Å². The van der Waals surface area contributed by atoms with Gasteiger partial charge in [0.25, 0.3) is 11.4 Å². The number of non-ortho nitro benzene ring substituents is 1. The third kappa shape index (κ3) is 3.39. The van der Waals surface area contributed by atoms with E-state index in [9.17, 15) is 20.1 Å². The molecule has 0 amide bonds. The van der Waals surface area contributed by atoms with Crippen LogP contribution in [0.2, 0.25) is 0 Å². The van der Waals surface area contributed by atoms with Gasteiger partial charge in [-0.2, -0.15) is 4.73 Å². The molecule has 0 saturated heterocycles. The first kappa shape index (κ1) is 18.2. The Kier molecular flexibility index (Phi) is 4.66. The third-order valence-corrected chi connectivity index (χ3v) is 4.44. The van der Waals surface area contributed by atoms with E-state index < -0.39 is 10.5 Å². The van der Waals surface area contributed by atoms with E-state index in [1.165, 1.54) is 24.3 Å². The molecule has 144 valence electrons. The number of hydrogen-bond acceptors (Lipinski definition) is 5. The lowest BCUT2D eigenvalue weighted by Gasteiger charge is -2.14. The van der Waals surface area contributed by atoms with Crippen LogP contribution in [0.15, 0.2) is 83.7 Å². The lowest BCUT2D eigenvalue weighted by molar-refractivity contribution is -0.566. The Morgan fingerprint density at radius 1 is 0.966 bits per heavy atom. The molecule has 1 heterocycles. The number of benzene rings is 3. The molecule has 3 aromatic carbocycles. The fraction of sp³-hybridized carbons (Fsp3) is 0.0476. The van der Waals surface area contributed by atoms with Gasteiger partial charge in [-0.3, -0.25) is 14.9 Å². The minimum absolute atomic E-state index is 0.113. The summed E-state index contributed by atoms with van der Waals surface area (Å²) in [6.45, 7) is 0.113. The van der Waals surface area contributed by atoms with Crippen molar-refractivity contribution in [1.29, 1.82) is 0 Å². The van der Waals surface area contributed by atoms with Gasteiger partial charge in [0.2, 0.25) is 5.52 Å². The summed E-state index contributed by atoms with van der Waals surface area (Å²) in [6, 6.07) is 21.2. The van der Waals surface area contributed by atoms with Crippen molar-refractivity contribution < 1.29 is 14.5 Å². The summed E-state index contributed by atoms with van der Waals surface area (Å²) < 4.78 is 1.55. The molecular weight excluding hydrogens is 374 g/mol. The zero-order valence-electron chi connectivity index (χ0n) is 15.1. The average molecular weight is 389 g/mol. The van der Waals surface area contributed by atoms with Crippen LogP contribution in [0.4, 0.5) is 5.69 Å². The van der Waals surface area contributed by atoms with E-state index in [2.05, 4.69) is 0 Å². The molecule has 0 fully saturated rings. The van der Waals surface area contributed by atoms with Crippen LogP contribution in [0.3, 0.4) is 0 Å². The molecular formula is C21H15N3O5. The van der Waals surface area contributed by atoms with Gasteiger partial charge in [0, 0.05) is 18.2 Å². The SMILES string of the molecule is O=c1c(-c2cccc([N+](=O)[O-])c2)[n+]([O-])c2ccccc2n1OCc1ccccc1. The molecule has 0 radical (unpaired) electrons. The number of fused-ring (bicyclic) bond motifs is 1. The molecule has 0 spiro atoms. The number of aromatic nitrogens is 2. The highest BCUT2D eigenvalue weighted by Gasteiger charge is 2.24. The minimum atomic E-state index is -0.699. The lowest BCUT2D eigenvalue weighted by Crippen LogP contribution is -2.42. The van der Waals surface area contributed by atoms with Gasteiger partial charge in [-0.05, 0) is 17.7 Å². The van der Waals surface area contributed by atoms with Crippen LogP contribution < -0.4 is 15.1 Å². The van der Waals surface area contributed by atoms with Gasteiger partial charge in [-0.15, -0.1) is 4.73 Å². The van der Waals surface area contributed by atoms with Crippen LogP contribution in [0.1, 0.15) is 5.56 Å². The monoisotopic (exact) mass is 389 g/mol. The summed E-state index contributed by atoms with van der Waals surface area (Å²) >= 11 is 0. The Hall–Kier alpha value is -4.20. The van der Waals surface area contributed by atoms with Gasteiger partial charge < -0.3 is 10.0 Å². The van der Waals surface area contributed by atoms with E-state index in [-0.39, 0.29) is 29.1 Å². The van der Waals surface area contributed by atoms with Gasteiger partial charge in [0.05, 0.1) is 10.5 Å². The van der Waals surface area contributed by atoms with Gasteiger partial charge in [-0.25, -0.2) is 0 Å². The van der Waals surface area contributed by atoms with Crippen molar-refractivity contribution in [3.63, 3.8) is 0 Å². The molecule has 0 bridgehead atoms. The van der Waals surface area contributed by atoms with E-state index in [0.29, 0.717) is 10.2 Å². The number of nitro groups is 1.